The Morgan fingerprint density at radius 1 is 1.09 bits per heavy atom. The van der Waals surface area contributed by atoms with Gasteiger partial charge in [-0.05, 0) is 23.6 Å². The fraction of sp³-hybridized carbons (Fsp3) is 0.158. The average Bonchev–Trinajstić information content (AvgIpc) is 3.01. The minimum atomic E-state index is -0.140. The number of carbonyl (C=O) groups excluding carboxylic acids is 1. The van der Waals surface area contributed by atoms with E-state index in [0.29, 0.717) is 18.0 Å². The minimum absolute atomic E-state index is 0.140. The van der Waals surface area contributed by atoms with Gasteiger partial charge in [0.05, 0.1) is 0 Å². The molecule has 116 valence electrons. The molecule has 0 radical (unpaired) electrons. The number of rotatable bonds is 4. The third kappa shape index (κ3) is 3.16. The summed E-state index contributed by atoms with van der Waals surface area (Å²) < 4.78 is 5.12. The van der Waals surface area contributed by atoms with Crippen molar-refractivity contribution in [2.45, 2.75) is 13.5 Å². The van der Waals surface area contributed by atoms with Crippen LogP contribution in [0, 0.1) is 6.92 Å². The Morgan fingerprint density at radius 3 is 2.48 bits per heavy atom. The number of aromatic nitrogens is 1. The molecule has 3 aromatic rings. The predicted octanol–water partition coefficient (Wildman–Crippen LogP) is 3.92. The first-order chi connectivity index (χ1) is 11.2. The number of hydrogen-bond donors (Lipinski definition) is 0. The van der Waals surface area contributed by atoms with Gasteiger partial charge >= 0.3 is 0 Å². The number of aryl methyl sites for hydroxylation is 1. The highest BCUT2D eigenvalue weighted by molar-refractivity contribution is 5.93. The highest BCUT2D eigenvalue weighted by Gasteiger charge is 2.19. The standard InChI is InChI=1S/C19H18N2O2/c1-14-18(20-13-23-14)19(22)21(2)12-16-10-6-7-11-17(16)15-8-4-3-5-9-15/h3-11,13H,12H2,1-2H3. The lowest BCUT2D eigenvalue weighted by molar-refractivity contribution is 0.0778. The van der Waals surface area contributed by atoms with E-state index in [1.807, 2.05) is 36.4 Å². The molecule has 0 aliphatic heterocycles. The predicted molar refractivity (Wildman–Crippen MR) is 88.9 cm³/mol. The molecule has 0 atom stereocenters. The van der Waals surface area contributed by atoms with Crippen molar-refractivity contribution in [3.63, 3.8) is 0 Å². The van der Waals surface area contributed by atoms with Gasteiger partial charge in [-0.15, -0.1) is 0 Å². The molecule has 4 nitrogen and oxygen atoms in total. The van der Waals surface area contributed by atoms with Gasteiger partial charge in [-0.1, -0.05) is 54.6 Å². The van der Waals surface area contributed by atoms with E-state index < -0.39 is 0 Å². The molecule has 0 unspecified atom stereocenters. The minimum Gasteiger partial charge on any atom is -0.448 e. The van der Waals surface area contributed by atoms with E-state index in [2.05, 4.69) is 23.2 Å². The molecule has 1 amide bonds. The van der Waals surface area contributed by atoms with E-state index in [0.717, 1.165) is 16.7 Å². The highest BCUT2D eigenvalue weighted by atomic mass is 16.3. The van der Waals surface area contributed by atoms with Crippen molar-refractivity contribution in [1.82, 2.24) is 9.88 Å². The van der Waals surface area contributed by atoms with Gasteiger partial charge in [-0.25, -0.2) is 4.98 Å². The Labute approximate surface area is 135 Å². The summed E-state index contributed by atoms with van der Waals surface area (Å²) in [6.07, 6.45) is 1.30. The second-order valence-corrected chi connectivity index (χ2v) is 5.44. The zero-order chi connectivity index (χ0) is 16.2. The molecule has 4 heteroatoms. The Balaban J connectivity index is 1.86. The van der Waals surface area contributed by atoms with Crippen LogP contribution < -0.4 is 0 Å². The lowest BCUT2D eigenvalue weighted by Gasteiger charge is -2.18. The van der Waals surface area contributed by atoms with Gasteiger partial charge in [0, 0.05) is 13.6 Å². The molecular formula is C19H18N2O2. The van der Waals surface area contributed by atoms with Gasteiger partial charge in [-0.3, -0.25) is 4.79 Å². The molecule has 2 aromatic carbocycles. The van der Waals surface area contributed by atoms with E-state index in [1.165, 1.54) is 6.39 Å². The number of carbonyl (C=O) groups is 1. The van der Waals surface area contributed by atoms with Crippen LogP contribution in [0.1, 0.15) is 21.8 Å². The van der Waals surface area contributed by atoms with E-state index in [9.17, 15) is 4.79 Å². The number of hydrogen-bond acceptors (Lipinski definition) is 3. The van der Waals surface area contributed by atoms with Crippen LogP contribution in [0.2, 0.25) is 0 Å². The van der Waals surface area contributed by atoms with Gasteiger partial charge in [0.15, 0.2) is 12.1 Å². The summed E-state index contributed by atoms with van der Waals surface area (Å²) in [6, 6.07) is 18.3. The fourth-order valence-corrected chi connectivity index (χ4v) is 2.58. The highest BCUT2D eigenvalue weighted by Crippen LogP contribution is 2.24. The van der Waals surface area contributed by atoms with Crippen molar-refractivity contribution < 1.29 is 9.21 Å². The molecule has 0 spiro atoms. The summed E-state index contributed by atoms with van der Waals surface area (Å²) in [4.78, 5) is 18.1. The van der Waals surface area contributed by atoms with Crippen molar-refractivity contribution in [3.8, 4) is 11.1 Å². The maximum absolute atomic E-state index is 12.5. The fourth-order valence-electron chi connectivity index (χ4n) is 2.58. The number of oxazole rings is 1. The average molecular weight is 306 g/mol. The number of benzene rings is 2. The summed E-state index contributed by atoms with van der Waals surface area (Å²) in [5, 5.41) is 0. The lowest BCUT2D eigenvalue weighted by atomic mass is 9.99. The molecule has 0 fully saturated rings. The summed E-state index contributed by atoms with van der Waals surface area (Å²) in [5.41, 5.74) is 3.73. The molecule has 1 heterocycles. The van der Waals surface area contributed by atoms with Crippen LogP contribution in [0.15, 0.2) is 65.4 Å². The summed E-state index contributed by atoms with van der Waals surface area (Å²) in [7, 11) is 1.78. The van der Waals surface area contributed by atoms with Gasteiger partial charge in [0.1, 0.15) is 5.76 Å². The first-order valence-electron chi connectivity index (χ1n) is 7.45. The van der Waals surface area contributed by atoms with Crippen LogP contribution >= 0.6 is 0 Å². The van der Waals surface area contributed by atoms with Crippen molar-refractivity contribution in [2.75, 3.05) is 7.05 Å². The summed E-state index contributed by atoms with van der Waals surface area (Å²) in [5.74, 6) is 0.400. The smallest absolute Gasteiger partial charge is 0.276 e. The normalized spacial score (nSPS) is 10.5. The van der Waals surface area contributed by atoms with Crippen molar-refractivity contribution in [2.24, 2.45) is 0 Å². The molecule has 0 N–H and O–H groups in total. The first kappa shape index (κ1) is 15.0. The van der Waals surface area contributed by atoms with Crippen molar-refractivity contribution >= 4 is 5.91 Å². The second kappa shape index (κ2) is 6.48. The van der Waals surface area contributed by atoms with E-state index in [4.69, 9.17) is 4.42 Å². The van der Waals surface area contributed by atoms with Gasteiger partial charge in [0.25, 0.3) is 5.91 Å². The van der Waals surface area contributed by atoms with Crippen LogP contribution in [0.25, 0.3) is 11.1 Å². The van der Waals surface area contributed by atoms with Crippen LogP contribution in [0.3, 0.4) is 0 Å². The van der Waals surface area contributed by atoms with E-state index in [-0.39, 0.29) is 5.91 Å². The molecule has 3 rings (SSSR count). The molecule has 0 bridgehead atoms. The quantitative estimate of drug-likeness (QED) is 0.734. The van der Waals surface area contributed by atoms with Crippen LogP contribution in [-0.4, -0.2) is 22.8 Å². The molecule has 0 aliphatic carbocycles. The summed E-state index contributed by atoms with van der Waals surface area (Å²) in [6.45, 7) is 2.25. The zero-order valence-electron chi connectivity index (χ0n) is 13.2. The van der Waals surface area contributed by atoms with E-state index in [1.54, 1.807) is 18.9 Å². The third-order valence-corrected chi connectivity index (χ3v) is 3.80. The maximum Gasteiger partial charge on any atom is 0.276 e. The number of nitrogens with zero attached hydrogens (tertiary/aromatic N) is 2. The van der Waals surface area contributed by atoms with Crippen molar-refractivity contribution in [3.05, 3.63) is 78.0 Å². The Bertz CT molecular complexity index is 809. The Morgan fingerprint density at radius 2 is 1.78 bits per heavy atom. The maximum atomic E-state index is 12.5. The molecule has 0 saturated heterocycles. The lowest BCUT2D eigenvalue weighted by Crippen LogP contribution is -2.27. The Hall–Kier alpha value is -2.88. The van der Waals surface area contributed by atoms with Gasteiger partial charge in [-0.2, -0.15) is 0 Å². The Kier molecular flexibility index (Phi) is 4.24. The SMILES string of the molecule is Cc1ocnc1C(=O)N(C)Cc1ccccc1-c1ccccc1. The van der Waals surface area contributed by atoms with Crippen LogP contribution in [-0.2, 0) is 6.54 Å². The topological polar surface area (TPSA) is 46.3 Å². The summed E-state index contributed by atoms with van der Waals surface area (Å²) >= 11 is 0. The first-order valence-corrected chi connectivity index (χ1v) is 7.45. The van der Waals surface area contributed by atoms with Gasteiger partial charge < -0.3 is 9.32 Å². The molecule has 23 heavy (non-hydrogen) atoms. The number of amides is 1. The molecule has 1 aromatic heterocycles. The second-order valence-electron chi connectivity index (χ2n) is 5.44. The monoisotopic (exact) mass is 306 g/mol. The van der Waals surface area contributed by atoms with Crippen LogP contribution in [0.5, 0.6) is 0 Å². The largest absolute Gasteiger partial charge is 0.448 e. The van der Waals surface area contributed by atoms with E-state index >= 15 is 0 Å². The molecular weight excluding hydrogens is 288 g/mol. The van der Waals surface area contributed by atoms with Crippen molar-refractivity contribution in [1.29, 1.82) is 0 Å². The van der Waals surface area contributed by atoms with Gasteiger partial charge in [0.2, 0.25) is 0 Å². The molecule has 0 saturated carbocycles. The zero-order valence-corrected chi connectivity index (χ0v) is 13.2. The van der Waals surface area contributed by atoms with Crippen LogP contribution in [0.4, 0.5) is 0 Å². The third-order valence-electron chi connectivity index (χ3n) is 3.80. The molecule has 0 aliphatic rings.